The van der Waals surface area contributed by atoms with Crippen LogP contribution in [0, 0.1) is 56.7 Å². The number of phenols is 1. The van der Waals surface area contributed by atoms with Crippen molar-refractivity contribution in [3.63, 3.8) is 0 Å². The lowest BCUT2D eigenvalue weighted by Crippen LogP contribution is -2.72. The maximum atomic E-state index is 13.1. The van der Waals surface area contributed by atoms with Gasteiger partial charge in [0.25, 0.3) is 0 Å². The van der Waals surface area contributed by atoms with Crippen LogP contribution in [-0.4, -0.2) is 35.0 Å². The maximum Gasteiger partial charge on any atom is 0.331 e. The number of hydrogen-bond acceptors (Lipinski definition) is 5. The van der Waals surface area contributed by atoms with Crippen LogP contribution in [0.15, 0.2) is 36.4 Å². The topological polar surface area (TPSA) is 76.0 Å². The monoisotopic (exact) mass is 618 g/mol. The third-order valence-corrected chi connectivity index (χ3v) is 15.4. The molecule has 1 aromatic rings. The predicted octanol–water partition coefficient (Wildman–Crippen LogP) is 8.97. The minimum Gasteiger partial charge on any atom is -0.504 e. The van der Waals surface area contributed by atoms with E-state index < -0.39 is 5.60 Å². The average molecular weight is 619 g/mol. The highest BCUT2D eigenvalue weighted by Gasteiger charge is 2.73. The molecule has 11 atom stereocenters. The number of ether oxygens (including phenoxy) is 2. The van der Waals surface area contributed by atoms with Gasteiger partial charge in [-0.15, -0.1) is 0 Å². The number of phenolic OH excluding ortho intramolecular Hbond substituents is 1. The molecule has 0 aliphatic heterocycles. The molecule has 5 aliphatic carbocycles. The molecule has 0 heterocycles. The summed E-state index contributed by atoms with van der Waals surface area (Å²) in [6.07, 6.45) is 16.6. The summed E-state index contributed by atoms with van der Waals surface area (Å²) in [6, 6.07) is 5.02. The largest absolute Gasteiger partial charge is 0.504 e. The Kier molecular flexibility index (Phi) is 7.71. The van der Waals surface area contributed by atoms with Crippen LogP contribution in [0.25, 0.3) is 6.08 Å². The summed E-state index contributed by atoms with van der Waals surface area (Å²) in [6.45, 7) is 19.4. The molecule has 4 fully saturated rings. The Morgan fingerprint density at radius 1 is 0.956 bits per heavy atom. The molecule has 2 N–H and O–H groups in total. The van der Waals surface area contributed by atoms with E-state index in [2.05, 4.69) is 67.5 Å². The summed E-state index contributed by atoms with van der Waals surface area (Å²) in [5, 5.41) is 22.9. The van der Waals surface area contributed by atoms with Crippen LogP contribution in [0.1, 0.15) is 112 Å². The highest BCUT2D eigenvalue weighted by atomic mass is 16.5. The van der Waals surface area contributed by atoms with Crippen LogP contribution in [0.3, 0.4) is 0 Å². The number of aromatic hydroxyl groups is 1. The van der Waals surface area contributed by atoms with Crippen molar-refractivity contribution in [3.05, 3.63) is 42.0 Å². The summed E-state index contributed by atoms with van der Waals surface area (Å²) >= 11 is 0. The van der Waals surface area contributed by atoms with E-state index in [1.165, 1.54) is 32.4 Å². The van der Waals surface area contributed by atoms with E-state index >= 15 is 0 Å². The van der Waals surface area contributed by atoms with Gasteiger partial charge in [-0.05, 0) is 115 Å². The highest BCUT2D eigenvalue weighted by Crippen LogP contribution is 2.76. The number of benzene rings is 1. The number of allylic oxidation sites excluding steroid dienone is 1. The Labute approximate surface area is 271 Å². The van der Waals surface area contributed by atoms with Gasteiger partial charge < -0.3 is 19.7 Å². The molecule has 6 rings (SSSR count). The third kappa shape index (κ3) is 4.52. The van der Waals surface area contributed by atoms with Crippen molar-refractivity contribution in [1.82, 2.24) is 0 Å². The second kappa shape index (κ2) is 10.6. The predicted molar refractivity (Wildman–Crippen MR) is 180 cm³/mol. The minimum absolute atomic E-state index is 0.00299. The molecule has 0 bridgehead atoms. The molecule has 5 nitrogen and oxygen atoms in total. The van der Waals surface area contributed by atoms with Gasteiger partial charge in [-0.2, -0.15) is 0 Å². The number of aliphatic hydroxyl groups is 1. The normalized spacial score (nSPS) is 46.8. The van der Waals surface area contributed by atoms with Gasteiger partial charge in [0.1, 0.15) is 6.10 Å². The lowest BCUT2D eigenvalue weighted by atomic mass is 9.31. The number of hydrogen-bond donors (Lipinski definition) is 2. The number of carbonyl (C=O) groups is 1. The fourth-order valence-corrected chi connectivity index (χ4v) is 12.4. The third-order valence-electron chi connectivity index (χ3n) is 15.4. The van der Waals surface area contributed by atoms with Gasteiger partial charge in [0.05, 0.1) is 12.7 Å². The number of fused-ring (bicyclic) bond motifs is 7. The van der Waals surface area contributed by atoms with E-state index in [9.17, 15) is 15.0 Å². The average Bonchev–Trinajstić information content (AvgIpc) is 2.97. The van der Waals surface area contributed by atoms with E-state index in [-0.39, 0.29) is 50.8 Å². The maximum absolute atomic E-state index is 13.1. The zero-order valence-electron chi connectivity index (χ0n) is 29.3. The van der Waals surface area contributed by atoms with Gasteiger partial charge >= 0.3 is 5.97 Å². The van der Waals surface area contributed by atoms with Gasteiger partial charge in [-0.25, -0.2) is 4.79 Å². The number of esters is 1. The molecular weight excluding hydrogens is 560 g/mol. The molecule has 248 valence electrons. The first-order valence-electron chi connectivity index (χ1n) is 17.6. The summed E-state index contributed by atoms with van der Waals surface area (Å²) in [4.78, 5) is 13.1. The van der Waals surface area contributed by atoms with Crippen molar-refractivity contribution in [1.29, 1.82) is 0 Å². The first-order valence-corrected chi connectivity index (χ1v) is 17.6. The van der Waals surface area contributed by atoms with Crippen molar-refractivity contribution in [2.45, 2.75) is 118 Å². The molecule has 45 heavy (non-hydrogen) atoms. The van der Waals surface area contributed by atoms with E-state index in [0.717, 1.165) is 37.7 Å². The van der Waals surface area contributed by atoms with Gasteiger partial charge in [-0.1, -0.05) is 73.6 Å². The molecule has 1 aromatic carbocycles. The standard InChI is InChI=1S/C40H58O5/c1-25-14-18-36(5)22-23-39(8)38(7)20-15-30-35(3,4)32(45-33(42)13-11-27-10-12-28(41)29(24-27)44-9)17-19-37(30,6)31(38)16-21-40(39,43)34(36)26(25)2/h10-13,16,21,24-26,30-32,34,41,43H,14-15,17-20,22-23H2,1-9H3/b13-11+/t25-,26+,30+,31-,32+,34-,36-,37+,38-,39+,40-/m1/s1. The molecule has 4 saturated carbocycles. The van der Waals surface area contributed by atoms with Gasteiger partial charge in [-0.3, -0.25) is 0 Å². The summed E-state index contributed by atoms with van der Waals surface area (Å²) < 4.78 is 11.4. The summed E-state index contributed by atoms with van der Waals surface area (Å²) in [7, 11) is 1.51. The molecule has 0 spiro atoms. The lowest BCUT2D eigenvalue weighted by molar-refractivity contribution is -0.275. The molecule has 5 aliphatic rings. The van der Waals surface area contributed by atoms with Crippen molar-refractivity contribution in [3.8, 4) is 11.5 Å². The SMILES string of the molecule is COc1cc(/C=C/C(=O)O[C@H]2CC[C@]3(C)[C@H]4C=C[C@@]5(O)[C@@H]6[C@@H](C)[C@H](C)CC[C@]6(C)CC[C@@]5(C)[C@]4(C)CC[C@H]3C2(C)C)ccc1O. The highest BCUT2D eigenvalue weighted by molar-refractivity contribution is 5.87. The number of rotatable bonds is 4. The second-order valence-electron chi connectivity index (χ2n) is 17.6. The fourth-order valence-electron chi connectivity index (χ4n) is 12.4. The van der Waals surface area contributed by atoms with Gasteiger partial charge in [0.15, 0.2) is 11.5 Å². The Morgan fingerprint density at radius 2 is 1.69 bits per heavy atom. The molecule has 5 heteroatoms. The van der Waals surface area contributed by atoms with E-state index in [0.29, 0.717) is 29.4 Å². The molecular formula is C40H58O5. The van der Waals surface area contributed by atoms with Crippen LogP contribution in [-0.2, 0) is 9.53 Å². The van der Waals surface area contributed by atoms with Crippen LogP contribution in [0.5, 0.6) is 11.5 Å². The molecule has 0 unspecified atom stereocenters. The van der Waals surface area contributed by atoms with Crippen LogP contribution in [0.2, 0.25) is 0 Å². The summed E-state index contributed by atoms with van der Waals surface area (Å²) in [5.41, 5.74) is -0.137. The van der Waals surface area contributed by atoms with Crippen molar-refractivity contribution < 1.29 is 24.5 Å². The first-order chi connectivity index (χ1) is 21.0. The Bertz CT molecular complexity index is 1390. The van der Waals surface area contributed by atoms with Crippen LogP contribution < -0.4 is 4.74 Å². The van der Waals surface area contributed by atoms with Crippen LogP contribution >= 0.6 is 0 Å². The van der Waals surface area contributed by atoms with Crippen molar-refractivity contribution >= 4 is 12.0 Å². The minimum atomic E-state index is -0.793. The Hall–Kier alpha value is -2.27. The summed E-state index contributed by atoms with van der Waals surface area (Å²) in [5.74, 6) is 2.31. The zero-order chi connectivity index (χ0) is 32.8. The van der Waals surface area contributed by atoms with E-state index in [1.807, 2.05) is 0 Å². The van der Waals surface area contributed by atoms with E-state index in [1.54, 1.807) is 24.3 Å². The lowest BCUT2D eigenvalue weighted by Gasteiger charge is -2.74. The fraction of sp³-hybridized carbons (Fsp3) is 0.725. The number of methoxy groups -OCH3 is 1. The van der Waals surface area contributed by atoms with Crippen LogP contribution in [0.4, 0.5) is 0 Å². The smallest absolute Gasteiger partial charge is 0.331 e. The molecule has 0 aromatic heterocycles. The molecule has 0 amide bonds. The van der Waals surface area contributed by atoms with Gasteiger partial charge in [0.2, 0.25) is 0 Å². The van der Waals surface area contributed by atoms with Gasteiger partial charge in [0, 0.05) is 22.8 Å². The Morgan fingerprint density at radius 3 is 2.40 bits per heavy atom. The molecule has 0 radical (unpaired) electrons. The second-order valence-corrected chi connectivity index (χ2v) is 17.6. The molecule has 0 saturated heterocycles. The Balaban J connectivity index is 1.26. The van der Waals surface area contributed by atoms with Crippen molar-refractivity contribution in [2.75, 3.05) is 7.11 Å². The first kappa shape index (κ1) is 32.7. The quantitative estimate of drug-likeness (QED) is 0.200. The van der Waals surface area contributed by atoms with E-state index in [4.69, 9.17) is 9.47 Å². The zero-order valence-corrected chi connectivity index (χ0v) is 29.3. The van der Waals surface area contributed by atoms with Crippen molar-refractivity contribution in [2.24, 2.45) is 56.7 Å². The number of carbonyl (C=O) groups excluding carboxylic acids is 1.